The van der Waals surface area contributed by atoms with Crippen molar-refractivity contribution in [3.63, 3.8) is 0 Å². The third-order valence-corrected chi connectivity index (χ3v) is 4.29. The van der Waals surface area contributed by atoms with Crippen LogP contribution in [0.2, 0.25) is 0 Å². The summed E-state index contributed by atoms with van der Waals surface area (Å²) in [7, 11) is 0. The van der Waals surface area contributed by atoms with Crippen LogP contribution in [0.5, 0.6) is 0 Å². The molecule has 2 rings (SSSR count). The number of carbonyl (C=O) groups is 1. The first-order valence-corrected chi connectivity index (χ1v) is 7.61. The van der Waals surface area contributed by atoms with Crippen LogP contribution in [-0.4, -0.2) is 25.0 Å². The van der Waals surface area contributed by atoms with E-state index in [2.05, 4.69) is 43.5 Å². The largest absolute Gasteiger partial charge is 0.355 e. The minimum Gasteiger partial charge on any atom is -0.355 e. The first kappa shape index (κ1) is 15.0. The first-order valence-electron chi connectivity index (χ1n) is 7.61. The van der Waals surface area contributed by atoms with Gasteiger partial charge in [-0.05, 0) is 62.8 Å². The number of hydrogen-bond acceptors (Lipinski definition) is 2. The fraction of sp³-hybridized carbons (Fsp3) is 0.588. The van der Waals surface area contributed by atoms with Gasteiger partial charge in [-0.25, -0.2) is 0 Å². The second kappa shape index (κ2) is 6.89. The monoisotopic (exact) mass is 274 g/mol. The van der Waals surface area contributed by atoms with Crippen molar-refractivity contribution < 1.29 is 4.79 Å². The molecule has 1 aromatic carbocycles. The molecular formula is C17H26N2O. The normalized spacial score (nSPS) is 22.6. The van der Waals surface area contributed by atoms with Crippen LogP contribution in [-0.2, 0) is 11.2 Å². The van der Waals surface area contributed by atoms with Gasteiger partial charge in [0.15, 0.2) is 0 Å². The quantitative estimate of drug-likeness (QED) is 0.885. The third-order valence-electron chi connectivity index (χ3n) is 4.29. The number of hydrogen-bond donors (Lipinski definition) is 2. The molecular weight excluding hydrogens is 248 g/mol. The minimum absolute atomic E-state index is 0.131. The summed E-state index contributed by atoms with van der Waals surface area (Å²) in [6.45, 7) is 8.21. The molecule has 0 bridgehead atoms. The van der Waals surface area contributed by atoms with Gasteiger partial charge in [-0.3, -0.25) is 4.79 Å². The average Bonchev–Trinajstić information content (AvgIpc) is 2.42. The lowest BCUT2D eigenvalue weighted by Gasteiger charge is -2.27. The van der Waals surface area contributed by atoms with Crippen molar-refractivity contribution in [2.45, 2.75) is 46.1 Å². The van der Waals surface area contributed by atoms with Gasteiger partial charge in [0.2, 0.25) is 5.91 Å². The zero-order valence-electron chi connectivity index (χ0n) is 12.8. The molecule has 1 fully saturated rings. The van der Waals surface area contributed by atoms with E-state index in [-0.39, 0.29) is 5.91 Å². The molecule has 2 atom stereocenters. The molecule has 0 aromatic heterocycles. The molecule has 3 heteroatoms. The second-order valence-corrected chi connectivity index (χ2v) is 6.15. The Kier molecular flexibility index (Phi) is 5.18. The zero-order chi connectivity index (χ0) is 14.5. The van der Waals surface area contributed by atoms with E-state index in [0.717, 1.165) is 18.7 Å². The van der Waals surface area contributed by atoms with E-state index >= 15 is 0 Å². The van der Waals surface area contributed by atoms with Crippen LogP contribution in [0, 0.1) is 19.8 Å². The number of amides is 1. The highest BCUT2D eigenvalue weighted by atomic mass is 16.1. The number of rotatable bonds is 4. The highest BCUT2D eigenvalue weighted by Crippen LogP contribution is 2.13. The second-order valence-electron chi connectivity index (χ2n) is 6.15. The van der Waals surface area contributed by atoms with E-state index in [9.17, 15) is 4.79 Å². The topological polar surface area (TPSA) is 41.1 Å². The fourth-order valence-electron chi connectivity index (χ4n) is 2.65. The molecule has 0 spiro atoms. The standard InChI is InChI=1S/C17H26N2O/c1-12-4-6-15(8-13(12)2)9-17(20)19-11-16-7-5-14(3)18-10-16/h4,6,8,14,16,18H,5,7,9-11H2,1-3H3,(H,19,20). The van der Waals surface area contributed by atoms with Crippen molar-refractivity contribution in [2.75, 3.05) is 13.1 Å². The highest BCUT2D eigenvalue weighted by Gasteiger charge is 2.17. The average molecular weight is 274 g/mol. The smallest absolute Gasteiger partial charge is 0.224 e. The predicted octanol–water partition coefficient (Wildman–Crippen LogP) is 2.35. The van der Waals surface area contributed by atoms with E-state index in [1.165, 1.54) is 24.0 Å². The van der Waals surface area contributed by atoms with Crippen molar-refractivity contribution in [1.82, 2.24) is 10.6 Å². The fourth-order valence-corrected chi connectivity index (χ4v) is 2.65. The molecule has 3 nitrogen and oxygen atoms in total. The molecule has 0 radical (unpaired) electrons. The molecule has 1 amide bonds. The number of aryl methyl sites for hydroxylation is 2. The summed E-state index contributed by atoms with van der Waals surface area (Å²) < 4.78 is 0. The third kappa shape index (κ3) is 4.34. The summed E-state index contributed by atoms with van der Waals surface area (Å²) >= 11 is 0. The Labute approximate surface area is 122 Å². The van der Waals surface area contributed by atoms with E-state index in [0.29, 0.717) is 18.4 Å². The van der Waals surface area contributed by atoms with Crippen LogP contribution in [0.15, 0.2) is 18.2 Å². The Bertz CT molecular complexity index is 462. The Balaban J connectivity index is 1.76. The summed E-state index contributed by atoms with van der Waals surface area (Å²) in [6.07, 6.45) is 2.90. The van der Waals surface area contributed by atoms with E-state index in [1.807, 2.05) is 6.07 Å². The molecule has 2 N–H and O–H groups in total. The number of benzene rings is 1. The SMILES string of the molecule is Cc1ccc(CC(=O)NCC2CCC(C)NC2)cc1C. The van der Waals surface area contributed by atoms with Crippen molar-refractivity contribution in [3.05, 3.63) is 34.9 Å². The van der Waals surface area contributed by atoms with Gasteiger partial charge in [-0.2, -0.15) is 0 Å². The number of nitrogens with one attached hydrogen (secondary N) is 2. The maximum Gasteiger partial charge on any atom is 0.224 e. The van der Waals surface area contributed by atoms with Crippen LogP contribution in [0.3, 0.4) is 0 Å². The van der Waals surface area contributed by atoms with E-state index in [4.69, 9.17) is 0 Å². The first-order chi connectivity index (χ1) is 9.54. The van der Waals surface area contributed by atoms with Gasteiger partial charge >= 0.3 is 0 Å². The maximum atomic E-state index is 12.0. The lowest BCUT2D eigenvalue weighted by molar-refractivity contribution is -0.120. The van der Waals surface area contributed by atoms with E-state index < -0.39 is 0 Å². The summed E-state index contributed by atoms with van der Waals surface area (Å²) in [5.41, 5.74) is 3.62. The maximum absolute atomic E-state index is 12.0. The van der Waals surface area contributed by atoms with Crippen molar-refractivity contribution in [3.8, 4) is 0 Å². The minimum atomic E-state index is 0.131. The van der Waals surface area contributed by atoms with Gasteiger partial charge in [0.1, 0.15) is 0 Å². The van der Waals surface area contributed by atoms with Gasteiger partial charge in [0, 0.05) is 12.6 Å². The number of piperidine rings is 1. The highest BCUT2D eigenvalue weighted by molar-refractivity contribution is 5.78. The Morgan fingerprint density at radius 2 is 2.10 bits per heavy atom. The van der Waals surface area contributed by atoms with Crippen molar-refractivity contribution in [2.24, 2.45) is 5.92 Å². The molecule has 0 saturated carbocycles. The lowest BCUT2D eigenvalue weighted by atomic mass is 9.95. The van der Waals surface area contributed by atoms with Crippen LogP contribution in [0.1, 0.15) is 36.5 Å². The molecule has 2 unspecified atom stereocenters. The molecule has 1 aliphatic rings. The number of carbonyl (C=O) groups excluding carboxylic acids is 1. The lowest BCUT2D eigenvalue weighted by Crippen LogP contribution is -2.42. The van der Waals surface area contributed by atoms with Crippen molar-refractivity contribution in [1.29, 1.82) is 0 Å². The zero-order valence-corrected chi connectivity index (χ0v) is 12.8. The molecule has 20 heavy (non-hydrogen) atoms. The van der Waals surface area contributed by atoms with Gasteiger partial charge in [-0.15, -0.1) is 0 Å². The van der Waals surface area contributed by atoms with Gasteiger partial charge in [0.05, 0.1) is 6.42 Å². The van der Waals surface area contributed by atoms with Crippen LogP contribution in [0.4, 0.5) is 0 Å². The predicted molar refractivity (Wildman–Crippen MR) is 82.8 cm³/mol. The summed E-state index contributed by atoms with van der Waals surface area (Å²) in [4.78, 5) is 12.0. The molecule has 1 saturated heterocycles. The molecule has 110 valence electrons. The molecule has 1 aromatic rings. The Hall–Kier alpha value is -1.35. The van der Waals surface area contributed by atoms with Gasteiger partial charge in [-0.1, -0.05) is 18.2 Å². The Morgan fingerprint density at radius 1 is 1.30 bits per heavy atom. The van der Waals surface area contributed by atoms with Gasteiger partial charge < -0.3 is 10.6 Å². The van der Waals surface area contributed by atoms with Crippen LogP contribution >= 0.6 is 0 Å². The van der Waals surface area contributed by atoms with Gasteiger partial charge in [0.25, 0.3) is 0 Å². The molecule has 1 aliphatic heterocycles. The van der Waals surface area contributed by atoms with Crippen LogP contribution < -0.4 is 10.6 Å². The molecule has 0 aliphatic carbocycles. The van der Waals surface area contributed by atoms with E-state index in [1.54, 1.807) is 0 Å². The Morgan fingerprint density at radius 3 is 2.75 bits per heavy atom. The van der Waals surface area contributed by atoms with Crippen molar-refractivity contribution >= 4 is 5.91 Å². The van der Waals surface area contributed by atoms with Crippen LogP contribution in [0.25, 0.3) is 0 Å². The molecule has 1 heterocycles. The summed E-state index contributed by atoms with van der Waals surface area (Å²) in [5.74, 6) is 0.710. The summed E-state index contributed by atoms with van der Waals surface area (Å²) in [6, 6.07) is 6.87. The summed E-state index contributed by atoms with van der Waals surface area (Å²) in [5, 5.41) is 6.54.